The molecule has 0 aromatic heterocycles. The number of nitrogens with zero attached hydrogens (tertiary/aromatic N) is 1. The molecule has 7 nitrogen and oxygen atoms in total. The number of amides is 4. The molecule has 184 valence electrons. The van der Waals surface area contributed by atoms with Gasteiger partial charge in [-0.25, -0.2) is 9.69 Å². The minimum Gasteiger partial charge on any atom is -0.493 e. The molecule has 9 heteroatoms. The molecule has 0 radical (unpaired) electrons. The lowest BCUT2D eigenvalue weighted by molar-refractivity contribution is -0.122. The van der Waals surface area contributed by atoms with Gasteiger partial charge in [-0.3, -0.25) is 14.9 Å². The van der Waals surface area contributed by atoms with E-state index in [-0.39, 0.29) is 5.57 Å². The highest BCUT2D eigenvalue weighted by Crippen LogP contribution is 2.36. The lowest BCUT2D eigenvalue weighted by atomic mass is 10.0. The summed E-state index contributed by atoms with van der Waals surface area (Å²) in [5.74, 6) is -0.454. The fourth-order valence-electron chi connectivity index (χ4n) is 3.75. The van der Waals surface area contributed by atoms with E-state index in [2.05, 4.69) is 43.8 Å². The van der Waals surface area contributed by atoms with Crippen LogP contribution in [0.25, 0.3) is 6.08 Å². The summed E-state index contributed by atoms with van der Waals surface area (Å²) in [5, 5.41) is 2.27. The molecule has 0 aliphatic carbocycles. The van der Waals surface area contributed by atoms with Crippen LogP contribution in [-0.2, 0) is 16.2 Å². The number of halogens is 2. The summed E-state index contributed by atoms with van der Waals surface area (Å²) < 4.78 is 13.3. The zero-order chi connectivity index (χ0) is 26.0. The molecule has 0 atom stereocenters. The van der Waals surface area contributed by atoms with Crippen LogP contribution in [0.5, 0.6) is 11.5 Å². The van der Waals surface area contributed by atoms with Gasteiger partial charge in [-0.05, 0) is 83.5 Å². The van der Waals surface area contributed by atoms with E-state index in [0.717, 1.165) is 29.6 Å². The van der Waals surface area contributed by atoms with Crippen molar-refractivity contribution in [3.63, 3.8) is 0 Å². The van der Waals surface area contributed by atoms with Gasteiger partial charge in [0.25, 0.3) is 11.8 Å². The predicted molar refractivity (Wildman–Crippen MR) is 149 cm³/mol. The second-order valence-electron chi connectivity index (χ2n) is 8.09. The van der Waals surface area contributed by atoms with E-state index >= 15 is 0 Å². The number of rotatable bonds is 6. The molecule has 3 aromatic carbocycles. The molecule has 0 unspecified atom stereocenters. The summed E-state index contributed by atoms with van der Waals surface area (Å²) in [7, 11) is 1.52. The van der Waals surface area contributed by atoms with Crippen molar-refractivity contribution in [1.29, 1.82) is 0 Å². The van der Waals surface area contributed by atoms with Gasteiger partial charge in [0.2, 0.25) is 0 Å². The Bertz CT molecular complexity index is 1420. The standard InChI is InChI=1S/C27H22BrIN2O5/c1-15-7-6-10-22(16(15)2)31-26(33)19(25(32)30-27(31)34)11-17-12-21(29)24(23(13-17)35-3)36-14-18-8-4-5-9-20(18)28/h4-13H,14H2,1-3H3,(H,30,32,34)/b19-11+. The number of anilines is 1. The van der Waals surface area contributed by atoms with Crippen molar-refractivity contribution in [3.8, 4) is 11.5 Å². The Morgan fingerprint density at radius 2 is 1.81 bits per heavy atom. The molecule has 36 heavy (non-hydrogen) atoms. The lowest BCUT2D eigenvalue weighted by Crippen LogP contribution is -2.54. The van der Waals surface area contributed by atoms with Crippen LogP contribution in [-0.4, -0.2) is 25.0 Å². The van der Waals surface area contributed by atoms with E-state index in [9.17, 15) is 14.4 Å². The monoisotopic (exact) mass is 660 g/mol. The molecule has 4 rings (SSSR count). The first-order valence-corrected chi connectivity index (χ1v) is 12.8. The molecule has 0 spiro atoms. The minimum absolute atomic E-state index is 0.157. The van der Waals surface area contributed by atoms with Crippen molar-refractivity contribution in [2.24, 2.45) is 0 Å². The molecular formula is C27H22BrIN2O5. The molecule has 1 fully saturated rings. The van der Waals surface area contributed by atoms with Gasteiger partial charge in [-0.2, -0.15) is 0 Å². The van der Waals surface area contributed by atoms with Crippen LogP contribution < -0.4 is 19.7 Å². The predicted octanol–water partition coefficient (Wildman–Crippen LogP) is 5.92. The third-order valence-electron chi connectivity index (χ3n) is 5.81. The molecule has 1 saturated heterocycles. The second kappa shape index (κ2) is 10.8. The van der Waals surface area contributed by atoms with Gasteiger partial charge in [0.05, 0.1) is 16.4 Å². The maximum atomic E-state index is 13.3. The topological polar surface area (TPSA) is 84.9 Å². The van der Waals surface area contributed by atoms with Gasteiger partial charge in [0, 0.05) is 10.0 Å². The number of urea groups is 1. The van der Waals surface area contributed by atoms with Gasteiger partial charge in [0.1, 0.15) is 12.2 Å². The number of ether oxygens (including phenoxy) is 2. The first-order chi connectivity index (χ1) is 17.2. The minimum atomic E-state index is -0.779. The summed E-state index contributed by atoms with van der Waals surface area (Å²) in [5.41, 5.74) is 3.50. The average molecular weight is 661 g/mol. The Morgan fingerprint density at radius 3 is 2.53 bits per heavy atom. The highest BCUT2D eigenvalue weighted by Gasteiger charge is 2.37. The van der Waals surface area contributed by atoms with Crippen LogP contribution in [0.2, 0.25) is 0 Å². The van der Waals surface area contributed by atoms with Gasteiger partial charge in [-0.1, -0.05) is 46.3 Å². The number of nitrogens with one attached hydrogen (secondary N) is 1. The average Bonchev–Trinajstić information content (AvgIpc) is 2.84. The molecule has 1 heterocycles. The largest absolute Gasteiger partial charge is 0.493 e. The number of barbiturate groups is 1. The number of hydrogen-bond donors (Lipinski definition) is 1. The van der Waals surface area contributed by atoms with Gasteiger partial charge in [0.15, 0.2) is 11.5 Å². The SMILES string of the molecule is COc1cc(/C=C2\C(=O)NC(=O)N(c3cccc(C)c3C)C2=O)cc(I)c1OCc1ccccc1Br. The van der Waals surface area contributed by atoms with Crippen molar-refractivity contribution in [2.75, 3.05) is 12.0 Å². The summed E-state index contributed by atoms with van der Waals surface area (Å²) in [6, 6.07) is 15.8. The zero-order valence-corrected chi connectivity index (χ0v) is 23.5. The highest BCUT2D eigenvalue weighted by atomic mass is 127. The van der Waals surface area contributed by atoms with Crippen molar-refractivity contribution in [3.05, 3.63) is 90.5 Å². The molecular weight excluding hydrogens is 639 g/mol. The fourth-order valence-corrected chi connectivity index (χ4v) is 4.93. The van der Waals surface area contributed by atoms with Crippen LogP contribution in [0.3, 0.4) is 0 Å². The van der Waals surface area contributed by atoms with Gasteiger partial charge in [-0.15, -0.1) is 0 Å². The van der Waals surface area contributed by atoms with Crippen LogP contribution >= 0.6 is 38.5 Å². The van der Waals surface area contributed by atoms with Gasteiger partial charge < -0.3 is 9.47 Å². The Labute approximate surface area is 230 Å². The van der Waals surface area contributed by atoms with E-state index < -0.39 is 17.8 Å². The Kier molecular flexibility index (Phi) is 7.79. The van der Waals surface area contributed by atoms with Crippen LogP contribution in [0.1, 0.15) is 22.3 Å². The van der Waals surface area contributed by atoms with E-state index in [1.165, 1.54) is 13.2 Å². The van der Waals surface area contributed by atoms with Crippen LogP contribution in [0, 0.1) is 17.4 Å². The molecule has 1 N–H and O–H groups in total. The number of hydrogen-bond acceptors (Lipinski definition) is 5. The number of imide groups is 2. The third-order valence-corrected chi connectivity index (χ3v) is 7.39. The van der Waals surface area contributed by atoms with Crippen LogP contribution in [0.15, 0.2) is 64.6 Å². The highest BCUT2D eigenvalue weighted by molar-refractivity contribution is 14.1. The summed E-state index contributed by atoms with van der Waals surface area (Å²) in [4.78, 5) is 39.5. The number of aryl methyl sites for hydroxylation is 1. The van der Waals surface area contributed by atoms with Crippen LogP contribution in [0.4, 0.5) is 10.5 Å². The maximum absolute atomic E-state index is 13.3. The Balaban J connectivity index is 1.67. The van der Waals surface area contributed by atoms with Crippen molar-refractivity contribution >= 4 is 68.1 Å². The first kappa shape index (κ1) is 25.9. The van der Waals surface area contributed by atoms with Crippen molar-refractivity contribution in [2.45, 2.75) is 20.5 Å². The van der Waals surface area contributed by atoms with E-state index in [1.54, 1.807) is 24.3 Å². The normalized spacial score (nSPS) is 14.8. The molecule has 1 aliphatic heterocycles. The summed E-state index contributed by atoms with van der Waals surface area (Å²) in [6.45, 7) is 4.04. The summed E-state index contributed by atoms with van der Waals surface area (Å²) >= 11 is 5.64. The Morgan fingerprint density at radius 1 is 1.06 bits per heavy atom. The Hall–Kier alpha value is -3.18. The third kappa shape index (κ3) is 5.17. The number of methoxy groups -OCH3 is 1. The lowest BCUT2D eigenvalue weighted by Gasteiger charge is -2.28. The van der Waals surface area contributed by atoms with E-state index in [4.69, 9.17) is 9.47 Å². The molecule has 1 aliphatic rings. The number of carbonyl (C=O) groups is 3. The number of benzene rings is 3. The smallest absolute Gasteiger partial charge is 0.335 e. The van der Waals surface area contributed by atoms with E-state index in [1.807, 2.05) is 44.2 Å². The van der Waals surface area contributed by atoms with E-state index in [0.29, 0.717) is 29.4 Å². The first-order valence-electron chi connectivity index (χ1n) is 10.9. The zero-order valence-electron chi connectivity index (χ0n) is 19.7. The van der Waals surface area contributed by atoms with Gasteiger partial charge >= 0.3 is 6.03 Å². The maximum Gasteiger partial charge on any atom is 0.335 e. The second-order valence-corrected chi connectivity index (χ2v) is 10.1. The quantitative estimate of drug-likeness (QED) is 0.202. The molecule has 0 saturated carbocycles. The van der Waals surface area contributed by atoms with Crippen molar-refractivity contribution < 1.29 is 23.9 Å². The molecule has 3 aromatic rings. The fraction of sp³-hybridized carbons (Fsp3) is 0.148. The molecule has 0 bridgehead atoms. The van der Waals surface area contributed by atoms with Crippen molar-refractivity contribution in [1.82, 2.24) is 5.32 Å². The summed E-state index contributed by atoms with van der Waals surface area (Å²) in [6.07, 6.45) is 1.45. The number of carbonyl (C=O) groups excluding carboxylic acids is 3. The molecule has 4 amide bonds.